The van der Waals surface area contributed by atoms with E-state index < -0.39 is 0 Å². The number of ether oxygens (including phenoxy) is 1. The number of nitrogens with two attached hydrogens (primary N) is 1. The second-order valence-electron chi connectivity index (χ2n) is 4.66. The lowest BCUT2D eigenvalue weighted by Gasteiger charge is -2.33. The monoisotopic (exact) mass is 226 g/mol. The topological polar surface area (TPSA) is 65.1 Å². The lowest BCUT2D eigenvalue weighted by Crippen LogP contribution is -2.39. The molecule has 0 aliphatic carbocycles. The van der Waals surface area contributed by atoms with Crippen LogP contribution in [0.25, 0.3) is 0 Å². The number of aromatic nitrogens is 2. The fourth-order valence-corrected chi connectivity index (χ4v) is 1.79. The van der Waals surface area contributed by atoms with E-state index in [4.69, 9.17) is 10.6 Å². The Morgan fingerprint density at radius 3 is 2.69 bits per heavy atom. The number of methoxy groups -OCH3 is 1. The first-order valence-electron chi connectivity index (χ1n) is 5.50. The van der Waals surface area contributed by atoms with Gasteiger partial charge in [0, 0.05) is 7.05 Å². The van der Waals surface area contributed by atoms with Crippen LogP contribution in [0.2, 0.25) is 0 Å². The van der Waals surface area contributed by atoms with Gasteiger partial charge in [0.2, 0.25) is 0 Å². The minimum Gasteiger partial charge on any atom is -0.493 e. The molecule has 1 rings (SSSR count). The van der Waals surface area contributed by atoms with Crippen molar-refractivity contribution in [3.8, 4) is 5.75 Å². The Bertz CT molecular complexity index is 346. The Morgan fingerprint density at radius 2 is 2.25 bits per heavy atom. The summed E-state index contributed by atoms with van der Waals surface area (Å²) in [6.07, 6.45) is 2.72. The molecule has 1 atom stereocenters. The van der Waals surface area contributed by atoms with Gasteiger partial charge in [-0.15, -0.1) is 0 Å². The van der Waals surface area contributed by atoms with E-state index in [-0.39, 0.29) is 11.5 Å². The van der Waals surface area contributed by atoms with Gasteiger partial charge in [0.25, 0.3) is 0 Å². The molecule has 0 fully saturated rings. The van der Waals surface area contributed by atoms with E-state index >= 15 is 0 Å². The highest BCUT2D eigenvalue weighted by atomic mass is 16.5. The summed E-state index contributed by atoms with van der Waals surface area (Å²) in [5, 5.41) is 4.20. The van der Waals surface area contributed by atoms with Crippen molar-refractivity contribution in [1.82, 2.24) is 15.2 Å². The van der Waals surface area contributed by atoms with Gasteiger partial charge in [-0.05, 0) is 11.8 Å². The van der Waals surface area contributed by atoms with Crippen LogP contribution in [0.15, 0.2) is 6.20 Å². The molecule has 0 amide bonds. The van der Waals surface area contributed by atoms with E-state index in [1.54, 1.807) is 18.0 Å². The maximum atomic E-state index is 5.67. The molecule has 0 aliphatic heterocycles. The molecule has 0 aliphatic rings. The van der Waals surface area contributed by atoms with Crippen LogP contribution in [0.3, 0.4) is 0 Å². The number of rotatable bonds is 5. The molecule has 0 saturated carbocycles. The predicted octanol–water partition coefficient (Wildman–Crippen LogP) is 1.37. The van der Waals surface area contributed by atoms with Crippen molar-refractivity contribution in [2.45, 2.75) is 33.2 Å². The van der Waals surface area contributed by atoms with Gasteiger partial charge in [0.1, 0.15) is 0 Å². The van der Waals surface area contributed by atoms with Gasteiger partial charge in [0.15, 0.2) is 5.75 Å². The van der Waals surface area contributed by atoms with Crippen molar-refractivity contribution in [2.75, 3.05) is 7.11 Å². The van der Waals surface area contributed by atoms with Crippen molar-refractivity contribution in [3.05, 3.63) is 11.9 Å². The number of aryl methyl sites for hydroxylation is 1. The van der Waals surface area contributed by atoms with E-state index in [0.717, 1.165) is 17.9 Å². The van der Waals surface area contributed by atoms with Gasteiger partial charge in [-0.25, -0.2) is 0 Å². The quantitative estimate of drug-likeness (QED) is 0.588. The lowest BCUT2D eigenvalue weighted by molar-refractivity contribution is 0.221. The zero-order valence-corrected chi connectivity index (χ0v) is 10.7. The molecule has 5 nitrogen and oxygen atoms in total. The summed E-state index contributed by atoms with van der Waals surface area (Å²) in [4.78, 5) is 0. The first-order valence-corrected chi connectivity index (χ1v) is 5.50. The van der Waals surface area contributed by atoms with E-state index in [9.17, 15) is 0 Å². The molecule has 5 heteroatoms. The largest absolute Gasteiger partial charge is 0.493 e. The van der Waals surface area contributed by atoms with Crippen LogP contribution in [0.4, 0.5) is 0 Å². The summed E-state index contributed by atoms with van der Waals surface area (Å²) in [5.41, 5.74) is 3.89. The molecule has 1 aromatic heterocycles. The smallest absolute Gasteiger partial charge is 0.161 e. The summed E-state index contributed by atoms with van der Waals surface area (Å²) in [6, 6.07) is 0.0138. The second kappa shape index (κ2) is 4.84. The summed E-state index contributed by atoms with van der Waals surface area (Å²) < 4.78 is 7.12. The van der Waals surface area contributed by atoms with Crippen molar-refractivity contribution in [3.63, 3.8) is 0 Å². The van der Waals surface area contributed by atoms with Gasteiger partial charge >= 0.3 is 0 Å². The number of hydrogen-bond acceptors (Lipinski definition) is 4. The average Bonchev–Trinajstić information content (AvgIpc) is 2.61. The normalized spacial score (nSPS) is 13.9. The van der Waals surface area contributed by atoms with E-state index in [2.05, 4.69) is 31.3 Å². The van der Waals surface area contributed by atoms with Gasteiger partial charge in [0.05, 0.1) is 25.0 Å². The summed E-state index contributed by atoms with van der Waals surface area (Å²) in [6.45, 7) is 6.49. The fourth-order valence-electron chi connectivity index (χ4n) is 1.79. The molecular formula is C11H22N4O. The molecule has 16 heavy (non-hydrogen) atoms. The zero-order valence-electron chi connectivity index (χ0n) is 10.7. The molecular weight excluding hydrogens is 204 g/mol. The molecule has 0 bridgehead atoms. The van der Waals surface area contributed by atoms with Crippen molar-refractivity contribution in [2.24, 2.45) is 18.3 Å². The maximum absolute atomic E-state index is 5.67. The second-order valence-corrected chi connectivity index (χ2v) is 4.66. The summed E-state index contributed by atoms with van der Waals surface area (Å²) >= 11 is 0. The highest BCUT2D eigenvalue weighted by molar-refractivity contribution is 5.29. The van der Waals surface area contributed by atoms with E-state index in [1.807, 2.05) is 7.05 Å². The molecule has 0 radical (unpaired) electrons. The summed E-state index contributed by atoms with van der Waals surface area (Å²) in [7, 11) is 3.54. The average molecular weight is 226 g/mol. The highest BCUT2D eigenvalue weighted by Crippen LogP contribution is 2.39. The van der Waals surface area contributed by atoms with E-state index in [1.165, 1.54) is 0 Å². The predicted molar refractivity (Wildman–Crippen MR) is 63.9 cm³/mol. The van der Waals surface area contributed by atoms with Gasteiger partial charge < -0.3 is 4.74 Å². The lowest BCUT2D eigenvalue weighted by atomic mass is 9.80. The van der Waals surface area contributed by atoms with Gasteiger partial charge in [-0.1, -0.05) is 20.8 Å². The van der Waals surface area contributed by atoms with Crippen LogP contribution >= 0.6 is 0 Å². The van der Waals surface area contributed by atoms with Crippen LogP contribution in [-0.4, -0.2) is 16.9 Å². The highest BCUT2D eigenvalue weighted by Gasteiger charge is 2.32. The fraction of sp³-hybridized carbons (Fsp3) is 0.727. The zero-order chi connectivity index (χ0) is 12.3. The molecule has 0 spiro atoms. The SMILES string of the molecule is CCC(C)(C)C(NN)c1c(OC)cnn1C. The minimum atomic E-state index is 0.0138. The molecule has 0 aromatic carbocycles. The minimum absolute atomic E-state index is 0.0138. The first kappa shape index (κ1) is 13.0. The maximum Gasteiger partial charge on any atom is 0.161 e. The Balaban J connectivity index is 3.17. The Hall–Kier alpha value is -1.07. The van der Waals surface area contributed by atoms with Crippen LogP contribution in [-0.2, 0) is 7.05 Å². The Labute approximate surface area is 96.9 Å². The third-order valence-electron chi connectivity index (χ3n) is 3.30. The van der Waals surface area contributed by atoms with Crippen molar-refractivity contribution in [1.29, 1.82) is 0 Å². The third-order valence-corrected chi connectivity index (χ3v) is 3.30. The van der Waals surface area contributed by atoms with Crippen LogP contribution in [0.5, 0.6) is 5.75 Å². The number of nitrogens with one attached hydrogen (secondary N) is 1. The van der Waals surface area contributed by atoms with Crippen LogP contribution in [0, 0.1) is 5.41 Å². The molecule has 1 unspecified atom stereocenters. The van der Waals surface area contributed by atoms with Crippen LogP contribution < -0.4 is 16.0 Å². The van der Waals surface area contributed by atoms with Gasteiger partial charge in [-0.2, -0.15) is 5.10 Å². The molecule has 1 aromatic rings. The first-order chi connectivity index (χ1) is 7.47. The third kappa shape index (κ3) is 2.20. The number of hydrogen-bond donors (Lipinski definition) is 2. The molecule has 0 saturated heterocycles. The van der Waals surface area contributed by atoms with Crippen LogP contribution in [0.1, 0.15) is 38.9 Å². The van der Waals surface area contributed by atoms with Crippen molar-refractivity contribution < 1.29 is 4.74 Å². The standard InChI is InChI=1S/C11H22N4O/c1-6-11(2,3)10(14-12)9-8(16-5)7-13-15(9)4/h7,10,14H,6,12H2,1-5H3. The molecule has 1 heterocycles. The Kier molecular flexibility index (Phi) is 3.93. The molecule has 92 valence electrons. The number of nitrogens with zero attached hydrogens (tertiary/aromatic N) is 2. The van der Waals surface area contributed by atoms with Crippen molar-refractivity contribution >= 4 is 0 Å². The van der Waals surface area contributed by atoms with Gasteiger partial charge in [-0.3, -0.25) is 16.0 Å². The molecule has 3 N–H and O–H groups in total. The Morgan fingerprint density at radius 1 is 1.62 bits per heavy atom. The van der Waals surface area contributed by atoms with E-state index in [0.29, 0.717) is 0 Å². The summed E-state index contributed by atoms with van der Waals surface area (Å²) in [5.74, 6) is 6.44. The number of hydrazine groups is 1.